The van der Waals surface area contributed by atoms with Gasteiger partial charge in [0, 0.05) is 12.0 Å². The van der Waals surface area contributed by atoms with Gasteiger partial charge in [0.05, 0.1) is 18.8 Å². The molecule has 5 nitrogen and oxygen atoms in total. The van der Waals surface area contributed by atoms with Gasteiger partial charge in [-0.25, -0.2) is 4.79 Å². The van der Waals surface area contributed by atoms with Gasteiger partial charge < -0.3 is 20.1 Å². The smallest absolute Gasteiger partial charge is 0.336 e. The third-order valence-electron chi connectivity index (χ3n) is 2.59. The highest BCUT2D eigenvalue weighted by Crippen LogP contribution is 2.33. The average Bonchev–Trinajstić information content (AvgIpc) is 2.28. The fourth-order valence-corrected chi connectivity index (χ4v) is 1.63. The maximum absolute atomic E-state index is 11.1. The number of aromatic hydroxyl groups is 1. The molecule has 0 bridgehead atoms. The molecule has 1 atom stereocenters. The minimum atomic E-state index is -1.11. The second-order valence-corrected chi connectivity index (χ2v) is 3.72. The summed E-state index contributed by atoms with van der Waals surface area (Å²) in [6, 6.07) is 2.57. The minimum absolute atomic E-state index is 0.0344. The number of aliphatic hydroxyl groups is 1. The van der Waals surface area contributed by atoms with E-state index in [9.17, 15) is 15.0 Å². The molecule has 0 aromatic heterocycles. The second kappa shape index (κ2) is 5.54. The highest BCUT2D eigenvalue weighted by atomic mass is 16.5. The third kappa shape index (κ3) is 2.88. The second-order valence-electron chi connectivity index (χ2n) is 3.72. The quantitative estimate of drug-likeness (QED) is 0.724. The number of carboxylic acid groups (broad SMARTS) is 1. The van der Waals surface area contributed by atoms with Crippen molar-refractivity contribution < 1.29 is 24.9 Å². The molecule has 0 aliphatic rings. The van der Waals surface area contributed by atoms with Crippen molar-refractivity contribution in [3.05, 3.63) is 23.3 Å². The molecule has 0 radical (unpaired) electrons. The molecular formula is C12H16O5. The SMILES string of the molecule is CCC(O)Cc1c(C(=O)O)ccc(O)c1OC. The van der Waals surface area contributed by atoms with Crippen molar-refractivity contribution in [3.8, 4) is 11.5 Å². The van der Waals surface area contributed by atoms with Crippen molar-refractivity contribution in [1.82, 2.24) is 0 Å². The Kier molecular flexibility index (Phi) is 4.34. The average molecular weight is 240 g/mol. The summed E-state index contributed by atoms with van der Waals surface area (Å²) in [5, 5.41) is 28.2. The first kappa shape index (κ1) is 13.3. The third-order valence-corrected chi connectivity index (χ3v) is 2.59. The summed E-state index contributed by atoms with van der Waals surface area (Å²) in [6.45, 7) is 1.79. The number of ether oxygens (including phenoxy) is 1. The molecular weight excluding hydrogens is 224 g/mol. The van der Waals surface area contributed by atoms with Crippen molar-refractivity contribution in [3.63, 3.8) is 0 Å². The van der Waals surface area contributed by atoms with E-state index in [1.807, 2.05) is 0 Å². The molecule has 1 aromatic rings. The van der Waals surface area contributed by atoms with Crippen LogP contribution in [0.5, 0.6) is 11.5 Å². The van der Waals surface area contributed by atoms with E-state index in [0.717, 1.165) is 0 Å². The van der Waals surface area contributed by atoms with E-state index < -0.39 is 12.1 Å². The zero-order chi connectivity index (χ0) is 13.0. The zero-order valence-corrected chi connectivity index (χ0v) is 9.80. The predicted molar refractivity (Wildman–Crippen MR) is 61.6 cm³/mol. The summed E-state index contributed by atoms with van der Waals surface area (Å²) in [5.74, 6) is -1.13. The Labute approximate surface area is 99.3 Å². The Morgan fingerprint density at radius 1 is 1.47 bits per heavy atom. The fraction of sp³-hybridized carbons (Fsp3) is 0.417. The number of phenolic OH excluding ortho intramolecular Hbond substituents is 1. The standard InChI is InChI=1S/C12H16O5/c1-3-7(13)6-9-8(12(15)16)4-5-10(14)11(9)17-2/h4-5,7,13-14H,3,6H2,1-2H3,(H,15,16). The van der Waals surface area contributed by atoms with Gasteiger partial charge >= 0.3 is 5.97 Å². The summed E-state index contributed by atoms with van der Waals surface area (Å²) in [7, 11) is 1.35. The molecule has 0 aliphatic carbocycles. The molecule has 3 N–H and O–H groups in total. The lowest BCUT2D eigenvalue weighted by Crippen LogP contribution is -2.13. The van der Waals surface area contributed by atoms with Crippen LogP contribution in [0.15, 0.2) is 12.1 Å². The Balaban J connectivity index is 3.28. The number of phenols is 1. The first-order valence-electron chi connectivity index (χ1n) is 5.31. The van der Waals surface area contributed by atoms with Crippen molar-refractivity contribution in [2.75, 3.05) is 7.11 Å². The number of hydrogen-bond acceptors (Lipinski definition) is 4. The van der Waals surface area contributed by atoms with Crippen LogP contribution in [0.4, 0.5) is 0 Å². The van der Waals surface area contributed by atoms with Gasteiger partial charge in [0.1, 0.15) is 0 Å². The number of methoxy groups -OCH3 is 1. The Morgan fingerprint density at radius 3 is 2.59 bits per heavy atom. The van der Waals surface area contributed by atoms with Crippen LogP contribution in [0.25, 0.3) is 0 Å². The van der Waals surface area contributed by atoms with Gasteiger partial charge in [-0.15, -0.1) is 0 Å². The number of carbonyl (C=O) groups is 1. The van der Waals surface area contributed by atoms with Crippen LogP contribution in [0.3, 0.4) is 0 Å². The van der Waals surface area contributed by atoms with E-state index in [-0.39, 0.29) is 23.5 Å². The fourth-order valence-electron chi connectivity index (χ4n) is 1.63. The van der Waals surface area contributed by atoms with Crippen LogP contribution in [0, 0.1) is 0 Å². The van der Waals surface area contributed by atoms with Gasteiger partial charge in [0.2, 0.25) is 0 Å². The first-order chi connectivity index (χ1) is 8.01. The number of aromatic carboxylic acids is 1. The zero-order valence-electron chi connectivity index (χ0n) is 9.80. The van der Waals surface area contributed by atoms with Crippen LogP contribution < -0.4 is 4.74 Å². The monoisotopic (exact) mass is 240 g/mol. The van der Waals surface area contributed by atoms with Gasteiger partial charge in [-0.2, -0.15) is 0 Å². The predicted octanol–water partition coefficient (Wildman–Crippen LogP) is 1.41. The molecule has 0 fully saturated rings. The molecule has 1 rings (SSSR count). The Morgan fingerprint density at radius 2 is 2.12 bits per heavy atom. The van der Waals surface area contributed by atoms with Crippen LogP contribution in [-0.4, -0.2) is 34.5 Å². The van der Waals surface area contributed by atoms with Gasteiger partial charge in [-0.3, -0.25) is 0 Å². The number of carboxylic acids is 1. The molecule has 1 aromatic carbocycles. The minimum Gasteiger partial charge on any atom is -0.504 e. The van der Waals surface area contributed by atoms with E-state index in [1.54, 1.807) is 6.92 Å². The maximum Gasteiger partial charge on any atom is 0.336 e. The van der Waals surface area contributed by atoms with Crippen LogP contribution in [0.2, 0.25) is 0 Å². The van der Waals surface area contributed by atoms with Crippen LogP contribution in [0.1, 0.15) is 29.3 Å². The lowest BCUT2D eigenvalue weighted by molar-refractivity contribution is 0.0694. The lowest BCUT2D eigenvalue weighted by atomic mass is 9.98. The summed E-state index contributed by atoms with van der Waals surface area (Å²) < 4.78 is 4.99. The number of hydrogen-bond donors (Lipinski definition) is 3. The Hall–Kier alpha value is -1.75. The largest absolute Gasteiger partial charge is 0.504 e. The number of aliphatic hydroxyl groups excluding tert-OH is 1. The van der Waals surface area contributed by atoms with Gasteiger partial charge in [-0.1, -0.05) is 6.92 Å². The van der Waals surface area contributed by atoms with Gasteiger partial charge in [0.25, 0.3) is 0 Å². The summed E-state index contributed by atoms with van der Waals surface area (Å²) in [4.78, 5) is 11.1. The molecule has 0 heterocycles. The number of benzene rings is 1. The molecule has 0 amide bonds. The molecule has 5 heteroatoms. The van der Waals surface area contributed by atoms with E-state index in [1.165, 1.54) is 19.2 Å². The molecule has 0 saturated carbocycles. The summed E-state index contributed by atoms with van der Waals surface area (Å²) in [5.41, 5.74) is 0.349. The normalized spacial score (nSPS) is 12.2. The van der Waals surface area contributed by atoms with E-state index in [4.69, 9.17) is 9.84 Å². The number of rotatable bonds is 5. The first-order valence-corrected chi connectivity index (χ1v) is 5.31. The van der Waals surface area contributed by atoms with Crippen LogP contribution in [-0.2, 0) is 6.42 Å². The highest BCUT2D eigenvalue weighted by molar-refractivity contribution is 5.90. The van der Waals surface area contributed by atoms with E-state index >= 15 is 0 Å². The maximum atomic E-state index is 11.1. The molecule has 1 unspecified atom stereocenters. The van der Waals surface area contributed by atoms with Crippen molar-refractivity contribution in [2.45, 2.75) is 25.9 Å². The van der Waals surface area contributed by atoms with Crippen molar-refractivity contribution >= 4 is 5.97 Å². The van der Waals surface area contributed by atoms with Crippen molar-refractivity contribution in [1.29, 1.82) is 0 Å². The topological polar surface area (TPSA) is 87.0 Å². The van der Waals surface area contributed by atoms with Gasteiger partial charge in [0.15, 0.2) is 11.5 Å². The van der Waals surface area contributed by atoms with Crippen LogP contribution >= 0.6 is 0 Å². The Bertz CT molecular complexity index is 414. The molecule has 94 valence electrons. The lowest BCUT2D eigenvalue weighted by Gasteiger charge is -2.15. The van der Waals surface area contributed by atoms with Gasteiger partial charge in [-0.05, 0) is 18.6 Å². The van der Waals surface area contributed by atoms with E-state index in [2.05, 4.69) is 0 Å². The molecule has 0 saturated heterocycles. The van der Waals surface area contributed by atoms with Crippen molar-refractivity contribution in [2.24, 2.45) is 0 Å². The summed E-state index contributed by atoms with van der Waals surface area (Å²) >= 11 is 0. The molecule has 0 aliphatic heterocycles. The molecule has 0 spiro atoms. The van der Waals surface area contributed by atoms with E-state index in [0.29, 0.717) is 12.0 Å². The summed E-state index contributed by atoms with van der Waals surface area (Å²) in [6.07, 6.45) is -0.0306. The molecule has 17 heavy (non-hydrogen) atoms. The highest BCUT2D eigenvalue weighted by Gasteiger charge is 2.20.